The number of fused-ring (bicyclic) bond motifs is 1. The molecular weight excluding hydrogens is 198 g/mol. The lowest BCUT2D eigenvalue weighted by molar-refractivity contribution is 0.562. The zero-order valence-corrected chi connectivity index (χ0v) is 9.78. The van der Waals surface area contributed by atoms with Crippen LogP contribution in [0.5, 0.6) is 0 Å². The maximum absolute atomic E-state index is 6.19. The number of nitrogens with two attached hydrogens (primary N) is 1. The van der Waals surface area contributed by atoms with Crippen molar-refractivity contribution in [2.75, 3.05) is 0 Å². The molecule has 0 aliphatic heterocycles. The molecule has 0 aliphatic carbocycles. The van der Waals surface area contributed by atoms with Gasteiger partial charge in [0.2, 0.25) is 0 Å². The molecule has 2 heteroatoms. The van der Waals surface area contributed by atoms with Crippen LogP contribution in [0.3, 0.4) is 0 Å². The topological polar surface area (TPSA) is 39.2 Å². The van der Waals surface area contributed by atoms with E-state index in [1.54, 1.807) is 6.26 Å². The van der Waals surface area contributed by atoms with Crippen LogP contribution in [0.1, 0.15) is 44.2 Å². The minimum absolute atomic E-state index is 0.107. The molecule has 0 radical (unpaired) electrons. The molecule has 0 spiro atoms. The molecule has 1 aromatic carbocycles. The number of para-hydroxylation sites is 1. The molecule has 0 bridgehead atoms. The lowest BCUT2D eigenvalue weighted by atomic mass is 10.0. The molecule has 0 saturated carbocycles. The predicted octanol–water partition coefficient (Wildman–Crippen LogP) is 4.01. The molecule has 2 N–H and O–H groups in total. The van der Waals surface area contributed by atoms with Crippen LogP contribution >= 0.6 is 0 Å². The van der Waals surface area contributed by atoms with E-state index in [-0.39, 0.29) is 6.04 Å². The van der Waals surface area contributed by atoms with E-state index in [4.69, 9.17) is 10.2 Å². The Kier molecular flexibility index (Phi) is 3.62. The van der Waals surface area contributed by atoms with Crippen molar-refractivity contribution < 1.29 is 4.42 Å². The largest absolute Gasteiger partial charge is 0.464 e. The zero-order valence-electron chi connectivity index (χ0n) is 9.78. The molecule has 2 rings (SSSR count). The summed E-state index contributed by atoms with van der Waals surface area (Å²) in [6.45, 7) is 2.21. The molecule has 0 saturated heterocycles. The van der Waals surface area contributed by atoms with Gasteiger partial charge in [-0.1, -0.05) is 44.4 Å². The summed E-state index contributed by atoms with van der Waals surface area (Å²) in [4.78, 5) is 0. The van der Waals surface area contributed by atoms with Crippen LogP contribution in [-0.4, -0.2) is 0 Å². The van der Waals surface area contributed by atoms with Crippen molar-refractivity contribution in [3.63, 3.8) is 0 Å². The maximum Gasteiger partial charge on any atom is 0.134 e. The monoisotopic (exact) mass is 217 g/mol. The van der Waals surface area contributed by atoms with Crippen molar-refractivity contribution in [1.82, 2.24) is 0 Å². The van der Waals surface area contributed by atoms with E-state index in [2.05, 4.69) is 13.0 Å². The van der Waals surface area contributed by atoms with Gasteiger partial charge in [0, 0.05) is 17.0 Å². The van der Waals surface area contributed by atoms with Gasteiger partial charge in [0.1, 0.15) is 5.58 Å². The van der Waals surface area contributed by atoms with Gasteiger partial charge < -0.3 is 10.2 Å². The molecule has 1 atom stereocenters. The first-order chi connectivity index (χ1) is 7.83. The van der Waals surface area contributed by atoms with Crippen LogP contribution in [0.4, 0.5) is 0 Å². The van der Waals surface area contributed by atoms with E-state index in [0.717, 1.165) is 23.0 Å². The molecule has 2 nitrogen and oxygen atoms in total. The predicted molar refractivity (Wildman–Crippen MR) is 67.3 cm³/mol. The smallest absolute Gasteiger partial charge is 0.134 e. The van der Waals surface area contributed by atoms with Crippen molar-refractivity contribution in [2.45, 2.75) is 38.6 Å². The third kappa shape index (κ3) is 2.27. The van der Waals surface area contributed by atoms with Gasteiger partial charge in [0.15, 0.2) is 0 Å². The first-order valence-electron chi connectivity index (χ1n) is 6.04. The fraction of sp³-hybridized carbons (Fsp3) is 0.429. The lowest BCUT2D eigenvalue weighted by Gasteiger charge is -2.09. The minimum atomic E-state index is 0.107. The van der Waals surface area contributed by atoms with E-state index in [1.165, 1.54) is 19.3 Å². The molecule has 1 unspecified atom stereocenters. The van der Waals surface area contributed by atoms with Crippen molar-refractivity contribution in [3.05, 3.63) is 36.1 Å². The molecule has 2 aromatic rings. The Morgan fingerprint density at radius 3 is 2.88 bits per heavy atom. The van der Waals surface area contributed by atoms with Crippen LogP contribution < -0.4 is 5.73 Å². The quantitative estimate of drug-likeness (QED) is 0.768. The van der Waals surface area contributed by atoms with E-state index in [1.807, 2.05) is 18.2 Å². The first-order valence-corrected chi connectivity index (χ1v) is 6.04. The van der Waals surface area contributed by atoms with Gasteiger partial charge in [-0.05, 0) is 12.5 Å². The second-order valence-corrected chi connectivity index (χ2v) is 4.29. The molecule has 0 aliphatic rings. The number of furan rings is 1. The Balaban J connectivity index is 2.13. The normalized spacial score (nSPS) is 13.1. The van der Waals surface area contributed by atoms with Gasteiger partial charge in [-0.3, -0.25) is 0 Å². The molecule has 0 amide bonds. The van der Waals surface area contributed by atoms with Crippen molar-refractivity contribution in [2.24, 2.45) is 5.73 Å². The summed E-state index contributed by atoms with van der Waals surface area (Å²) >= 11 is 0. The molecule has 86 valence electrons. The van der Waals surface area contributed by atoms with Crippen LogP contribution in [0.25, 0.3) is 11.0 Å². The lowest BCUT2D eigenvalue weighted by Crippen LogP contribution is -2.09. The fourth-order valence-corrected chi connectivity index (χ4v) is 2.06. The third-order valence-corrected chi connectivity index (χ3v) is 3.03. The van der Waals surface area contributed by atoms with Crippen molar-refractivity contribution in [3.8, 4) is 0 Å². The number of unbranched alkanes of at least 4 members (excludes halogenated alkanes) is 2. The highest BCUT2D eigenvalue weighted by atomic mass is 16.3. The van der Waals surface area contributed by atoms with Gasteiger partial charge >= 0.3 is 0 Å². The summed E-state index contributed by atoms with van der Waals surface area (Å²) in [6.07, 6.45) is 6.53. The second kappa shape index (κ2) is 5.17. The maximum atomic E-state index is 6.19. The highest BCUT2D eigenvalue weighted by molar-refractivity contribution is 5.81. The van der Waals surface area contributed by atoms with Crippen LogP contribution in [-0.2, 0) is 0 Å². The van der Waals surface area contributed by atoms with Crippen molar-refractivity contribution in [1.29, 1.82) is 0 Å². The van der Waals surface area contributed by atoms with Gasteiger partial charge in [0.25, 0.3) is 0 Å². The van der Waals surface area contributed by atoms with E-state index in [9.17, 15) is 0 Å². The average Bonchev–Trinajstić information content (AvgIpc) is 2.73. The Labute approximate surface area is 96.4 Å². The van der Waals surface area contributed by atoms with Gasteiger partial charge in [-0.15, -0.1) is 0 Å². The summed E-state index contributed by atoms with van der Waals surface area (Å²) < 4.78 is 5.50. The average molecular weight is 217 g/mol. The summed E-state index contributed by atoms with van der Waals surface area (Å²) in [6, 6.07) is 8.18. The highest BCUT2D eigenvalue weighted by Gasteiger charge is 2.12. The molecule has 0 fully saturated rings. The SMILES string of the molecule is CCCCCC(N)c1coc2ccccc12. The van der Waals surface area contributed by atoms with Crippen LogP contribution in [0.15, 0.2) is 34.9 Å². The standard InChI is InChI=1S/C14H19NO/c1-2-3-4-8-13(15)12-10-16-14-9-6-5-7-11(12)14/h5-7,9-10,13H,2-4,8,15H2,1H3. The molecule has 16 heavy (non-hydrogen) atoms. The second-order valence-electron chi connectivity index (χ2n) is 4.29. The third-order valence-electron chi connectivity index (χ3n) is 3.03. The minimum Gasteiger partial charge on any atom is -0.464 e. The number of hydrogen-bond acceptors (Lipinski definition) is 2. The number of benzene rings is 1. The summed E-state index contributed by atoms with van der Waals surface area (Å²) in [5.74, 6) is 0. The highest BCUT2D eigenvalue weighted by Crippen LogP contribution is 2.27. The Morgan fingerprint density at radius 1 is 1.25 bits per heavy atom. The Bertz CT molecular complexity index is 447. The molecule has 1 heterocycles. The zero-order chi connectivity index (χ0) is 11.4. The van der Waals surface area contributed by atoms with Gasteiger partial charge in [-0.2, -0.15) is 0 Å². The Hall–Kier alpha value is -1.28. The van der Waals surface area contributed by atoms with E-state index < -0.39 is 0 Å². The van der Waals surface area contributed by atoms with Gasteiger partial charge in [0.05, 0.1) is 6.26 Å². The summed E-state index contributed by atoms with van der Waals surface area (Å²) in [5.41, 5.74) is 8.27. The van der Waals surface area contributed by atoms with Crippen LogP contribution in [0.2, 0.25) is 0 Å². The van der Waals surface area contributed by atoms with Gasteiger partial charge in [-0.25, -0.2) is 0 Å². The summed E-state index contributed by atoms with van der Waals surface area (Å²) in [5, 5.41) is 1.16. The van der Waals surface area contributed by atoms with Crippen molar-refractivity contribution >= 4 is 11.0 Å². The summed E-state index contributed by atoms with van der Waals surface area (Å²) in [7, 11) is 0. The fourth-order valence-electron chi connectivity index (χ4n) is 2.06. The van der Waals surface area contributed by atoms with Crippen LogP contribution in [0, 0.1) is 0 Å². The number of hydrogen-bond donors (Lipinski definition) is 1. The van der Waals surface area contributed by atoms with E-state index in [0.29, 0.717) is 0 Å². The molecule has 1 aromatic heterocycles. The molecular formula is C14H19NO. The first kappa shape index (κ1) is 11.2. The van der Waals surface area contributed by atoms with E-state index >= 15 is 0 Å². The Morgan fingerprint density at radius 2 is 2.06 bits per heavy atom. The number of rotatable bonds is 5.